The van der Waals surface area contributed by atoms with Gasteiger partial charge in [0.25, 0.3) is 0 Å². The fraction of sp³-hybridized carbons (Fsp3) is 0.538. The van der Waals surface area contributed by atoms with E-state index in [0.717, 1.165) is 12.3 Å². The molecule has 3 heteroatoms. The maximum Gasteiger partial charge on any atom is 0.132 e. The van der Waals surface area contributed by atoms with Crippen LogP contribution in [0.25, 0.3) is 0 Å². The molecule has 0 heterocycles. The monoisotopic (exact) mass is 237 g/mol. The van der Waals surface area contributed by atoms with E-state index in [-0.39, 0.29) is 5.41 Å². The third kappa shape index (κ3) is 1.82. The molecule has 2 rings (SSSR count). The molecule has 1 fully saturated rings. The zero-order chi connectivity index (χ0) is 11.6. The van der Waals surface area contributed by atoms with Crippen molar-refractivity contribution in [3.63, 3.8) is 0 Å². The number of benzene rings is 1. The Labute approximate surface area is 102 Å². The molecule has 0 radical (unpaired) electrons. The summed E-state index contributed by atoms with van der Waals surface area (Å²) in [6, 6.07) is 6.48. The van der Waals surface area contributed by atoms with Crippen molar-refractivity contribution in [3.8, 4) is 5.75 Å². The minimum absolute atomic E-state index is 0.247. The highest BCUT2D eigenvalue weighted by molar-refractivity contribution is 7.98. The second-order valence-electron chi connectivity index (χ2n) is 4.41. The number of methoxy groups -OCH3 is 1. The van der Waals surface area contributed by atoms with Gasteiger partial charge in [0, 0.05) is 16.9 Å². The second kappa shape index (κ2) is 4.68. The van der Waals surface area contributed by atoms with E-state index in [9.17, 15) is 0 Å². The van der Waals surface area contributed by atoms with E-state index in [0.29, 0.717) is 0 Å². The standard InChI is InChI=1S/C13H19NOS/c1-15-11-5-4-10(8-12(11)16-2)13(9-14)6-3-7-13/h4-5,8H,3,6-7,9,14H2,1-2H3. The van der Waals surface area contributed by atoms with Crippen LogP contribution in [0, 0.1) is 0 Å². The minimum atomic E-state index is 0.247. The van der Waals surface area contributed by atoms with Crippen LogP contribution in [0.4, 0.5) is 0 Å². The first-order chi connectivity index (χ1) is 7.75. The van der Waals surface area contributed by atoms with Crippen molar-refractivity contribution in [2.24, 2.45) is 5.73 Å². The Balaban J connectivity index is 2.35. The van der Waals surface area contributed by atoms with Crippen molar-refractivity contribution >= 4 is 11.8 Å². The van der Waals surface area contributed by atoms with Crippen LogP contribution in [-0.2, 0) is 5.41 Å². The van der Waals surface area contributed by atoms with Gasteiger partial charge in [-0.1, -0.05) is 12.5 Å². The van der Waals surface area contributed by atoms with E-state index in [4.69, 9.17) is 10.5 Å². The normalized spacial score (nSPS) is 17.9. The van der Waals surface area contributed by atoms with Crippen molar-refractivity contribution < 1.29 is 4.74 Å². The highest BCUT2D eigenvalue weighted by atomic mass is 32.2. The lowest BCUT2D eigenvalue weighted by Gasteiger charge is -2.41. The maximum atomic E-state index is 5.92. The Kier molecular flexibility index (Phi) is 3.45. The molecular weight excluding hydrogens is 218 g/mol. The molecule has 0 unspecified atom stereocenters. The summed E-state index contributed by atoms with van der Waals surface area (Å²) in [4.78, 5) is 1.21. The summed E-state index contributed by atoms with van der Waals surface area (Å²) in [6.07, 6.45) is 5.84. The summed E-state index contributed by atoms with van der Waals surface area (Å²) in [5, 5.41) is 0. The predicted molar refractivity (Wildman–Crippen MR) is 69.4 cm³/mol. The van der Waals surface area contributed by atoms with Gasteiger partial charge < -0.3 is 10.5 Å². The van der Waals surface area contributed by atoms with E-state index in [1.54, 1.807) is 18.9 Å². The largest absolute Gasteiger partial charge is 0.496 e. The molecule has 0 aliphatic heterocycles. The van der Waals surface area contributed by atoms with E-state index in [1.807, 2.05) is 0 Å². The van der Waals surface area contributed by atoms with Gasteiger partial charge in [0.2, 0.25) is 0 Å². The fourth-order valence-electron chi connectivity index (χ4n) is 2.38. The van der Waals surface area contributed by atoms with Gasteiger partial charge in [0.05, 0.1) is 7.11 Å². The summed E-state index contributed by atoms with van der Waals surface area (Å²) < 4.78 is 5.34. The minimum Gasteiger partial charge on any atom is -0.496 e. The van der Waals surface area contributed by atoms with Crippen molar-refractivity contribution in [3.05, 3.63) is 23.8 Å². The van der Waals surface area contributed by atoms with Crippen molar-refractivity contribution in [1.82, 2.24) is 0 Å². The topological polar surface area (TPSA) is 35.2 Å². The molecule has 1 aromatic carbocycles. The van der Waals surface area contributed by atoms with Gasteiger partial charge in [-0.25, -0.2) is 0 Å². The molecule has 1 saturated carbocycles. The lowest BCUT2D eigenvalue weighted by atomic mass is 9.64. The predicted octanol–water partition coefficient (Wildman–Crippen LogP) is 2.80. The van der Waals surface area contributed by atoms with Gasteiger partial charge in [-0.05, 0) is 36.8 Å². The SMILES string of the molecule is COc1ccc(C2(CN)CCC2)cc1SC. The molecular formula is C13H19NOS. The Morgan fingerprint density at radius 3 is 2.62 bits per heavy atom. The molecule has 1 aromatic rings. The van der Waals surface area contributed by atoms with Gasteiger partial charge in [0.15, 0.2) is 0 Å². The molecule has 0 atom stereocenters. The highest BCUT2D eigenvalue weighted by Gasteiger charge is 2.37. The molecule has 0 amide bonds. The van der Waals surface area contributed by atoms with Crippen LogP contribution in [0.15, 0.2) is 23.1 Å². The van der Waals surface area contributed by atoms with Gasteiger partial charge in [0.1, 0.15) is 5.75 Å². The lowest BCUT2D eigenvalue weighted by Crippen LogP contribution is -2.41. The van der Waals surface area contributed by atoms with Gasteiger partial charge in [-0.3, -0.25) is 0 Å². The van der Waals surface area contributed by atoms with E-state index < -0.39 is 0 Å². The molecule has 2 nitrogen and oxygen atoms in total. The molecule has 1 aliphatic carbocycles. The van der Waals surface area contributed by atoms with E-state index >= 15 is 0 Å². The number of ether oxygens (including phenoxy) is 1. The van der Waals surface area contributed by atoms with Crippen molar-refractivity contribution in [1.29, 1.82) is 0 Å². The maximum absolute atomic E-state index is 5.92. The fourth-order valence-corrected chi connectivity index (χ4v) is 2.98. The van der Waals surface area contributed by atoms with Crippen LogP contribution < -0.4 is 10.5 Å². The first kappa shape index (κ1) is 11.8. The smallest absolute Gasteiger partial charge is 0.132 e. The number of hydrogen-bond donors (Lipinski definition) is 1. The second-order valence-corrected chi connectivity index (χ2v) is 5.26. The number of rotatable bonds is 4. The third-order valence-corrected chi connectivity index (χ3v) is 4.46. The lowest BCUT2D eigenvalue weighted by molar-refractivity contribution is 0.252. The summed E-state index contributed by atoms with van der Waals surface area (Å²) >= 11 is 1.73. The van der Waals surface area contributed by atoms with Crippen LogP contribution in [0.5, 0.6) is 5.75 Å². The van der Waals surface area contributed by atoms with E-state index in [2.05, 4.69) is 24.5 Å². The van der Waals surface area contributed by atoms with Crippen LogP contribution in [0.2, 0.25) is 0 Å². The molecule has 2 N–H and O–H groups in total. The Bertz CT molecular complexity index is 369. The summed E-state index contributed by atoms with van der Waals surface area (Å²) in [5.74, 6) is 0.961. The van der Waals surface area contributed by atoms with Gasteiger partial charge in [-0.2, -0.15) is 0 Å². The van der Waals surface area contributed by atoms with Crippen LogP contribution in [0.3, 0.4) is 0 Å². The third-order valence-electron chi connectivity index (χ3n) is 3.70. The molecule has 16 heavy (non-hydrogen) atoms. The quantitative estimate of drug-likeness (QED) is 0.818. The van der Waals surface area contributed by atoms with Crippen LogP contribution in [0.1, 0.15) is 24.8 Å². The first-order valence-electron chi connectivity index (χ1n) is 5.68. The summed E-state index contributed by atoms with van der Waals surface area (Å²) in [6.45, 7) is 0.757. The Morgan fingerprint density at radius 2 is 2.19 bits per heavy atom. The zero-order valence-electron chi connectivity index (χ0n) is 9.95. The summed E-state index contributed by atoms with van der Waals surface area (Å²) in [5.41, 5.74) is 7.55. The Morgan fingerprint density at radius 1 is 1.44 bits per heavy atom. The number of hydrogen-bond acceptors (Lipinski definition) is 3. The highest BCUT2D eigenvalue weighted by Crippen LogP contribution is 2.44. The molecule has 88 valence electrons. The van der Waals surface area contributed by atoms with Gasteiger partial charge in [-0.15, -0.1) is 11.8 Å². The number of thioether (sulfide) groups is 1. The molecule has 0 aromatic heterocycles. The van der Waals surface area contributed by atoms with Gasteiger partial charge >= 0.3 is 0 Å². The van der Waals surface area contributed by atoms with E-state index in [1.165, 1.54) is 29.7 Å². The zero-order valence-corrected chi connectivity index (χ0v) is 10.8. The average molecular weight is 237 g/mol. The van der Waals surface area contributed by atoms with Crippen molar-refractivity contribution in [2.45, 2.75) is 29.6 Å². The first-order valence-corrected chi connectivity index (χ1v) is 6.91. The molecule has 1 aliphatic rings. The molecule has 0 bridgehead atoms. The van der Waals surface area contributed by atoms with Crippen molar-refractivity contribution in [2.75, 3.05) is 19.9 Å². The Hall–Kier alpha value is -0.670. The van der Waals surface area contributed by atoms with Crippen LogP contribution >= 0.6 is 11.8 Å². The van der Waals surface area contributed by atoms with Crippen LogP contribution in [-0.4, -0.2) is 19.9 Å². The number of nitrogens with two attached hydrogens (primary N) is 1. The average Bonchev–Trinajstić information content (AvgIpc) is 2.28. The summed E-state index contributed by atoms with van der Waals surface area (Å²) in [7, 11) is 1.72. The molecule has 0 saturated heterocycles. The molecule has 0 spiro atoms.